The van der Waals surface area contributed by atoms with E-state index in [0.717, 1.165) is 36.8 Å². The molecule has 25 heavy (non-hydrogen) atoms. The topological polar surface area (TPSA) is 80.0 Å². The monoisotopic (exact) mass is 345 g/mol. The van der Waals surface area contributed by atoms with Crippen molar-refractivity contribution >= 4 is 16.9 Å². The number of hydrogen-bond acceptors (Lipinski definition) is 6. The van der Waals surface area contributed by atoms with Crippen LogP contribution in [0.3, 0.4) is 0 Å². The fourth-order valence-electron chi connectivity index (χ4n) is 3.45. The summed E-state index contributed by atoms with van der Waals surface area (Å²) < 4.78 is 10.5. The standard InChI is InChI=1S/C19H23NO5/c1-3-24-19(23)15-6-4-5-9-20(15)11-13-10-17(22)25-18-12(2)16(21)8-7-14(13)18/h7-8,10,15,21H,3-6,9,11H2,1-2H3/t15-/m1/s1. The Bertz CT molecular complexity index is 842. The lowest BCUT2D eigenvalue weighted by Crippen LogP contribution is -2.45. The number of hydrogen-bond donors (Lipinski definition) is 1. The molecule has 0 amide bonds. The zero-order valence-electron chi connectivity index (χ0n) is 14.6. The van der Waals surface area contributed by atoms with E-state index in [9.17, 15) is 14.7 Å². The molecule has 134 valence electrons. The van der Waals surface area contributed by atoms with Gasteiger partial charge in [0.2, 0.25) is 0 Å². The predicted octanol–water partition coefficient (Wildman–Crippen LogP) is 2.72. The number of benzene rings is 1. The van der Waals surface area contributed by atoms with Crippen molar-refractivity contribution in [2.75, 3.05) is 13.2 Å². The van der Waals surface area contributed by atoms with Crippen LogP contribution in [0.4, 0.5) is 0 Å². The summed E-state index contributed by atoms with van der Waals surface area (Å²) in [5.74, 6) is -0.113. The van der Waals surface area contributed by atoms with E-state index < -0.39 is 5.63 Å². The van der Waals surface area contributed by atoms with Crippen molar-refractivity contribution in [3.05, 3.63) is 39.7 Å². The molecule has 0 bridgehead atoms. The maximum absolute atomic E-state index is 12.3. The third-order valence-electron chi connectivity index (χ3n) is 4.76. The number of carbonyl (C=O) groups excluding carboxylic acids is 1. The number of phenols is 1. The molecule has 1 aromatic carbocycles. The Kier molecular flexibility index (Phi) is 5.08. The number of aryl methyl sites for hydroxylation is 1. The largest absolute Gasteiger partial charge is 0.508 e. The third kappa shape index (κ3) is 3.54. The normalized spacial score (nSPS) is 18.4. The van der Waals surface area contributed by atoms with Crippen LogP contribution in [0.1, 0.15) is 37.3 Å². The number of fused-ring (bicyclic) bond motifs is 1. The molecule has 2 heterocycles. The molecule has 0 radical (unpaired) electrons. The molecule has 6 nitrogen and oxygen atoms in total. The van der Waals surface area contributed by atoms with Crippen LogP contribution in [0.2, 0.25) is 0 Å². The molecular formula is C19H23NO5. The van der Waals surface area contributed by atoms with Gasteiger partial charge in [-0.05, 0) is 50.9 Å². The molecule has 3 rings (SSSR count). The lowest BCUT2D eigenvalue weighted by molar-refractivity contribution is -0.151. The van der Waals surface area contributed by atoms with Crippen molar-refractivity contribution in [3.8, 4) is 5.75 Å². The second-order valence-electron chi connectivity index (χ2n) is 6.41. The van der Waals surface area contributed by atoms with E-state index in [1.54, 1.807) is 26.0 Å². The van der Waals surface area contributed by atoms with Crippen molar-refractivity contribution in [3.63, 3.8) is 0 Å². The zero-order chi connectivity index (χ0) is 18.0. The van der Waals surface area contributed by atoms with Crippen LogP contribution in [-0.2, 0) is 16.1 Å². The van der Waals surface area contributed by atoms with E-state index in [1.807, 2.05) is 0 Å². The van der Waals surface area contributed by atoms with Crippen LogP contribution in [0.15, 0.2) is 27.4 Å². The number of aromatic hydroxyl groups is 1. The quantitative estimate of drug-likeness (QED) is 0.678. The Balaban J connectivity index is 1.97. The number of esters is 1. The summed E-state index contributed by atoms with van der Waals surface area (Å²) in [7, 11) is 0. The Labute approximate surface area is 146 Å². The first-order valence-electron chi connectivity index (χ1n) is 8.67. The Morgan fingerprint density at radius 1 is 1.40 bits per heavy atom. The average molecular weight is 345 g/mol. The molecule has 1 aliphatic heterocycles. The first kappa shape index (κ1) is 17.5. The molecule has 1 N–H and O–H groups in total. The minimum absolute atomic E-state index is 0.0928. The molecule has 1 saturated heterocycles. The van der Waals surface area contributed by atoms with Gasteiger partial charge in [-0.3, -0.25) is 9.69 Å². The number of phenolic OH excluding ortho intramolecular Hbond substituents is 1. The predicted molar refractivity (Wildman–Crippen MR) is 93.6 cm³/mol. The van der Waals surface area contributed by atoms with Crippen molar-refractivity contribution in [2.24, 2.45) is 0 Å². The van der Waals surface area contributed by atoms with Gasteiger partial charge in [0.05, 0.1) is 6.61 Å². The highest BCUT2D eigenvalue weighted by Crippen LogP contribution is 2.29. The van der Waals surface area contributed by atoms with Gasteiger partial charge < -0.3 is 14.3 Å². The molecule has 1 aliphatic rings. The number of piperidine rings is 1. The second-order valence-corrected chi connectivity index (χ2v) is 6.41. The highest BCUT2D eigenvalue weighted by Gasteiger charge is 2.30. The van der Waals surface area contributed by atoms with Crippen LogP contribution in [0.5, 0.6) is 5.75 Å². The van der Waals surface area contributed by atoms with Gasteiger partial charge in [-0.15, -0.1) is 0 Å². The van der Waals surface area contributed by atoms with Gasteiger partial charge in [0.25, 0.3) is 0 Å². The van der Waals surface area contributed by atoms with Gasteiger partial charge in [-0.2, -0.15) is 0 Å². The minimum atomic E-state index is -0.458. The maximum atomic E-state index is 12.3. The first-order chi connectivity index (χ1) is 12.0. The van der Waals surface area contributed by atoms with Crippen LogP contribution < -0.4 is 5.63 Å². The van der Waals surface area contributed by atoms with Gasteiger partial charge in [0.1, 0.15) is 17.4 Å². The third-order valence-corrected chi connectivity index (χ3v) is 4.76. The number of carbonyl (C=O) groups is 1. The van der Waals surface area contributed by atoms with Crippen LogP contribution in [0.25, 0.3) is 11.0 Å². The van der Waals surface area contributed by atoms with Crippen molar-refractivity contribution in [1.82, 2.24) is 4.90 Å². The fourth-order valence-corrected chi connectivity index (χ4v) is 3.45. The molecule has 1 fully saturated rings. The minimum Gasteiger partial charge on any atom is -0.508 e. The molecule has 0 aliphatic carbocycles. The fraction of sp³-hybridized carbons (Fsp3) is 0.474. The van der Waals surface area contributed by atoms with E-state index in [4.69, 9.17) is 9.15 Å². The van der Waals surface area contributed by atoms with Crippen molar-refractivity contribution in [1.29, 1.82) is 0 Å². The molecule has 0 spiro atoms. The SMILES string of the molecule is CCOC(=O)[C@H]1CCCCN1Cc1cc(=O)oc2c(C)c(O)ccc12. The van der Waals surface area contributed by atoms with Gasteiger partial charge in [0.15, 0.2) is 0 Å². The van der Waals surface area contributed by atoms with Gasteiger partial charge >= 0.3 is 11.6 Å². The Hall–Kier alpha value is -2.34. The van der Waals surface area contributed by atoms with Crippen LogP contribution in [0, 0.1) is 6.92 Å². The van der Waals surface area contributed by atoms with Crippen molar-refractivity contribution < 1.29 is 19.1 Å². The van der Waals surface area contributed by atoms with E-state index in [2.05, 4.69) is 4.90 Å². The molecular weight excluding hydrogens is 322 g/mol. The molecule has 2 aromatic rings. The smallest absolute Gasteiger partial charge is 0.336 e. The molecule has 0 unspecified atom stereocenters. The number of rotatable bonds is 4. The number of likely N-dealkylation sites (tertiary alicyclic amines) is 1. The summed E-state index contributed by atoms with van der Waals surface area (Å²) in [4.78, 5) is 26.3. The van der Waals surface area contributed by atoms with Crippen LogP contribution >= 0.6 is 0 Å². The molecule has 1 atom stereocenters. The lowest BCUT2D eigenvalue weighted by Gasteiger charge is -2.34. The average Bonchev–Trinajstić information content (AvgIpc) is 2.59. The summed E-state index contributed by atoms with van der Waals surface area (Å²) in [5.41, 5.74) is 1.27. The van der Waals surface area contributed by atoms with Gasteiger partial charge in [0, 0.05) is 23.6 Å². The highest BCUT2D eigenvalue weighted by atomic mass is 16.5. The zero-order valence-corrected chi connectivity index (χ0v) is 14.6. The second kappa shape index (κ2) is 7.27. The summed E-state index contributed by atoms with van der Waals surface area (Å²) in [5, 5.41) is 10.6. The molecule has 0 saturated carbocycles. The Morgan fingerprint density at radius 3 is 2.96 bits per heavy atom. The number of ether oxygens (including phenoxy) is 1. The summed E-state index contributed by atoms with van der Waals surface area (Å²) in [6.45, 7) is 5.13. The summed E-state index contributed by atoms with van der Waals surface area (Å²) in [6, 6.07) is 4.53. The van der Waals surface area contributed by atoms with E-state index in [0.29, 0.717) is 24.3 Å². The molecule has 6 heteroatoms. The van der Waals surface area contributed by atoms with E-state index in [1.165, 1.54) is 6.07 Å². The van der Waals surface area contributed by atoms with Gasteiger partial charge in [-0.25, -0.2) is 4.79 Å². The van der Waals surface area contributed by atoms with E-state index >= 15 is 0 Å². The van der Waals surface area contributed by atoms with Crippen LogP contribution in [-0.4, -0.2) is 35.2 Å². The molecule has 1 aromatic heterocycles. The summed E-state index contributed by atoms with van der Waals surface area (Å²) in [6.07, 6.45) is 2.76. The van der Waals surface area contributed by atoms with Gasteiger partial charge in [-0.1, -0.05) is 6.42 Å². The first-order valence-corrected chi connectivity index (χ1v) is 8.67. The Morgan fingerprint density at radius 2 is 2.20 bits per heavy atom. The maximum Gasteiger partial charge on any atom is 0.336 e. The summed E-state index contributed by atoms with van der Waals surface area (Å²) >= 11 is 0. The highest BCUT2D eigenvalue weighted by molar-refractivity contribution is 5.85. The van der Waals surface area contributed by atoms with Crippen molar-refractivity contribution in [2.45, 2.75) is 45.7 Å². The van der Waals surface area contributed by atoms with E-state index in [-0.39, 0.29) is 17.8 Å². The lowest BCUT2D eigenvalue weighted by atomic mass is 10.00. The number of nitrogens with zero attached hydrogens (tertiary/aromatic N) is 1.